The summed E-state index contributed by atoms with van der Waals surface area (Å²) in [7, 11) is 3.94. The first-order chi connectivity index (χ1) is 12.0. The van der Waals surface area contributed by atoms with Crippen LogP contribution in [-0.2, 0) is 6.42 Å². The van der Waals surface area contributed by atoms with Gasteiger partial charge in [-0.1, -0.05) is 6.92 Å². The van der Waals surface area contributed by atoms with E-state index in [1.165, 1.54) is 23.3 Å². The highest BCUT2D eigenvalue weighted by Gasteiger charge is 2.25. The molecule has 1 amide bonds. The molecule has 0 aromatic carbocycles. The molecule has 0 saturated heterocycles. The molecule has 3 aromatic heterocycles. The predicted octanol–water partition coefficient (Wildman–Crippen LogP) is 2.07. The molecule has 1 aliphatic carbocycles. The summed E-state index contributed by atoms with van der Waals surface area (Å²) in [6, 6.07) is 0. The van der Waals surface area contributed by atoms with Gasteiger partial charge in [-0.25, -0.2) is 14.5 Å². The number of thiophene rings is 1. The summed E-state index contributed by atoms with van der Waals surface area (Å²) >= 11 is 1.75. The number of likely N-dealkylation sites (N-methyl/N-ethyl adjacent to an activating group) is 1. The van der Waals surface area contributed by atoms with Gasteiger partial charge in [-0.2, -0.15) is 0 Å². The average Bonchev–Trinajstić information content (AvgIpc) is 3.15. The van der Waals surface area contributed by atoms with Crippen LogP contribution >= 0.6 is 11.3 Å². The van der Waals surface area contributed by atoms with Gasteiger partial charge in [0, 0.05) is 18.0 Å². The molecule has 1 atom stereocenters. The van der Waals surface area contributed by atoms with Crippen LogP contribution in [-0.4, -0.2) is 57.6 Å². The van der Waals surface area contributed by atoms with Crippen molar-refractivity contribution in [2.24, 2.45) is 0 Å². The maximum absolute atomic E-state index is 12.3. The van der Waals surface area contributed by atoms with Crippen LogP contribution in [0.1, 0.15) is 46.7 Å². The number of nitrogens with one attached hydrogen (secondary N) is 1. The van der Waals surface area contributed by atoms with Gasteiger partial charge in [0.25, 0.3) is 5.91 Å². The Bertz CT molecular complexity index is 944. The summed E-state index contributed by atoms with van der Waals surface area (Å²) in [6.07, 6.45) is 5.18. The fraction of sp³-hybridized carbons (Fsp3) is 0.529. The summed E-state index contributed by atoms with van der Waals surface area (Å²) in [5.41, 5.74) is 2.10. The second-order valence-electron chi connectivity index (χ2n) is 6.92. The Morgan fingerprint density at radius 1 is 1.48 bits per heavy atom. The van der Waals surface area contributed by atoms with Crippen LogP contribution in [0.4, 0.5) is 0 Å². The van der Waals surface area contributed by atoms with Crippen molar-refractivity contribution in [3.63, 3.8) is 0 Å². The Hall–Kier alpha value is -2.06. The van der Waals surface area contributed by atoms with Crippen LogP contribution in [0.15, 0.2) is 6.33 Å². The van der Waals surface area contributed by atoms with Crippen molar-refractivity contribution in [3.8, 4) is 0 Å². The van der Waals surface area contributed by atoms with Crippen LogP contribution in [0.3, 0.4) is 0 Å². The second-order valence-corrected chi connectivity index (χ2v) is 8.00. The number of hydrogen-bond donors (Lipinski definition) is 1. The fourth-order valence-corrected chi connectivity index (χ4v) is 4.75. The van der Waals surface area contributed by atoms with Gasteiger partial charge in [-0.15, -0.1) is 16.4 Å². The van der Waals surface area contributed by atoms with Gasteiger partial charge in [0.05, 0.1) is 5.39 Å². The lowest BCUT2D eigenvalue weighted by atomic mass is 9.87. The fourth-order valence-electron chi connectivity index (χ4n) is 3.45. The third kappa shape index (κ3) is 2.89. The maximum atomic E-state index is 12.3. The Morgan fingerprint density at radius 3 is 3.12 bits per heavy atom. The predicted molar refractivity (Wildman–Crippen MR) is 98.4 cm³/mol. The number of rotatable bonds is 4. The van der Waals surface area contributed by atoms with Crippen molar-refractivity contribution in [1.82, 2.24) is 29.8 Å². The summed E-state index contributed by atoms with van der Waals surface area (Å²) in [4.78, 5) is 25.9. The average molecular weight is 358 g/mol. The lowest BCUT2D eigenvalue weighted by Crippen LogP contribution is -2.31. The SMILES string of the molecule is C[C@@H]1CCCc2sc3ncn4nc(C(=O)NCCN(C)C)nc4c3c21. The van der Waals surface area contributed by atoms with Gasteiger partial charge < -0.3 is 10.2 Å². The molecule has 4 rings (SSSR count). The molecule has 0 spiro atoms. The zero-order chi connectivity index (χ0) is 17.6. The van der Waals surface area contributed by atoms with E-state index in [9.17, 15) is 4.79 Å². The first kappa shape index (κ1) is 16.4. The van der Waals surface area contributed by atoms with Crippen LogP contribution < -0.4 is 5.32 Å². The quantitative estimate of drug-likeness (QED) is 0.773. The summed E-state index contributed by atoms with van der Waals surface area (Å²) in [6.45, 7) is 3.61. The number of aromatic nitrogens is 4. The van der Waals surface area contributed by atoms with Gasteiger partial charge in [0.2, 0.25) is 5.82 Å². The third-order valence-electron chi connectivity index (χ3n) is 4.72. The number of carbonyl (C=O) groups is 1. The Balaban J connectivity index is 1.74. The van der Waals surface area contributed by atoms with Crippen molar-refractivity contribution in [3.05, 3.63) is 22.6 Å². The highest BCUT2D eigenvalue weighted by Crippen LogP contribution is 2.42. The maximum Gasteiger partial charge on any atom is 0.291 e. The standard InChI is InChI=1S/C17H22N6OS/c1-10-5-4-6-11-12(10)13-15-20-14(16(24)18-7-8-22(2)3)21-23(15)9-19-17(13)25-11/h9-10H,4-8H2,1-3H3,(H,18,24)/t10-/m1/s1. The lowest BCUT2D eigenvalue weighted by Gasteiger charge is -2.18. The first-order valence-electron chi connectivity index (χ1n) is 8.64. The Labute approximate surface area is 150 Å². The van der Waals surface area contributed by atoms with E-state index in [1.54, 1.807) is 22.2 Å². The van der Waals surface area contributed by atoms with Gasteiger partial charge in [-0.05, 0) is 44.8 Å². The van der Waals surface area contributed by atoms with Gasteiger partial charge in [0.15, 0.2) is 5.65 Å². The molecule has 0 radical (unpaired) electrons. The monoisotopic (exact) mass is 358 g/mol. The topological polar surface area (TPSA) is 75.4 Å². The molecule has 1 N–H and O–H groups in total. The van der Waals surface area contributed by atoms with E-state index >= 15 is 0 Å². The first-order valence-corrected chi connectivity index (χ1v) is 9.46. The van der Waals surface area contributed by atoms with Crippen LogP contribution in [0, 0.1) is 0 Å². The minimum absolute atomic E-state index is 0.205. The van der Waals surface area contributed by atoms with Crippen molar-refractivity contribution in [2.45, 2.75) is 32.1 Å². The normalized spacial score (nSPS) is 17.4. The highest BCUT2D eigenvalue weighted by molar-refractivity contribution is 7.19. The zero-order valence-electron chi connectivity index (χ0n) is 14.7. The van der Waals surface area contributed by atoms with E-state index in [-0.39, 0.29) is 11.7 Å². The molecule has 0 bridgehead atoms. The van der Waals surface area contributed by atoms with E-state index in [4.69, 9.17) is 0 Å². The zero-order valence-corrected chi connectivity index (χ0v) is 15.6. The lowest BCUT2D eigenvalue weighted by molar-refractivity contribution is 0.0941. The summed E-state index contributed by atoms with van der Waals surface area (Å²) in [5.74, 6) is 0.465. The van der Waals surface area contributed by atoms with E-state index in [2.05, 4.69) is 27.3 Å². The van der Waals surface area contributed by atoms with E-state index in [0.717, 1.165) is 28.8 Å². The number of carbonyl (C=O) groups excluding carboxylic acids is 1. The molecule has 3 heterocycles. The van der Waals surface area contributed by atoms with E-state index in [0.29, 0.717) is 12.5 Å². The van der Waals surface area contributed by atoms with Crippen LogP contribution in [0.2, 0.25) is 0 Å². The van der Waals surface area contributed by atoms with Gasteiger partial charge >= 0.3 is 0 Å². The molecule has 25 heavy (non-hydrogen) atoms. The minimum Gasteiger partial charge on any atom is -0.348 e. The molecule has 1 aliphatic rings. The number of nitrogens with zero attached hydrogens (tertiary/aromatic N) is 5. The molecule has 0 unspecified atom stereocenters. The number of aryl methyl sites for hydroxylation is 1. The molecular formula is C17H22N6OS. The van der Waals surface area contributed by atoms with Crippen molar-refractivity contribution >= 4 is 33.1 Å². The smallest absolute Gasteiger partial charge is 0.291 e. The largest absolute Gasteiger partial charge is 0.348 e. The molecule has 8 heteroatoms. The van der Waals surface area contributed by atoms with Crippen LogP contribution in [0.25, 0.3) is 15.9 Å². The Kier molecular flexibility index (Phi) is 4.16. The summed E-state index contributed by atoms with van der Waals surface area (Å²) in [5, 5.41) is 8.28. The molecule has 0 fully saturated rings. The van der Waals surface area contributed by atoms with Crippen molar-refractivity contribution < 1.29 is 4.79 Å². The molecule has 0 saturated carbocycles. The van der Waals surface area contributed by atoms with Gasteiger partial charge in [0.1, 0.15) is 11.2 Å². The molecule has 132 valence electrons. The second kappa shape index (κ2) is 6.34. The minimum atomic E-state index is -0.240. The van der Waals surface area contributed by atoms with Crippen molar-refractivity contribution in [2.75, 3.05) is 27.2 Å². The Morgan fingerprint density at radius 2 is 2.32 bits per heavy atom. The highest BCUT2D eigenvalue weighted by atomic mass is 32.1. The number of amides is 1. The molecule has 3 aromatic rings. The molecular weight excluding hydrogens is 336 g/mol. The molecule has 0 aliphatic heterocycles. The molecule has 7 nitrogen and oxygen atoms in total. The number of fused-ring (bicyclic) bond motifs is 5. The van der Waals surface area contributed by atoms with Gasteiger partial charge in [-0.3, -0.25) is 4.79 Å². The number of hydrogen-bond acceptors (Lipinski definition) is 6. The third-order valence-corrected chi connectivity index (χ3v) is 5.90. The van der Waals surface area contributed by atoms with E-state index < -0.39 is 0 Å². The van der Waals surface area contributed by atoms with Crippen molar-refractivity contribution in [1.29, 1.82) is 0 Å². The van der Waals surface area contributed by atoms with E-state index in [1.807, 2.05) is 19.0 Å². The summed E-state index contributed by atoms with van der Waals surface area (Å²) < 4.78 is 1.64. The van der Waals surface area contributed by atoms with Crippen LogP contribution in [0.5, 0.6) is 0 Å².